The number of hydrogen-bond donors (Lipinski definition) is 2. The summed E-state index contributed by atoms with van der Waals surface area (Å²) in [5.74, 6) is 0.602. The van der Waals surface area contributed by atoms with Gasteiger partial charge in [0, 0.05) is 6.54 Å². The molecule has 5 nitrogen and oxygen atoms in total. The molecule has 2 N–H and O–H groups in total. The molecule has 3 rings (SSSR count). The Balaban J connectivity index is 1.69. The summed E-state index contributed by atoms with van der Waals surface area (Å²) in [5, 5.41) is 5.79. The van der Waals surface area contributed by atoms with Crippen molar-refractivity contribution in [3.05, 3.63) is 59.7 Å². The lowest BCUT2D eigenvalue weighted by molar-refractivity contribution is -0.121. The molecule has 26 heavy (non-hydrogen) atoms. The predicted octanol–water partition coefficient (Wildman–Crippen LogP) is 3.26. The highest BCUT2D eigenvalue weighted by Crippen LogP contribution is 2.27. The van der Waals surface area contributed by atoms with Gasteiger partial charge in [-0.2, -0.15) is 0 Å². The third-order valence-electron chi connectivity index (χ3n) is 4.35. The summed E-state index contributed by atoms with van der Waals surface area (Å²) in [6, 6.07) is 14.8. The summed E-state index contributed by atoms with van der Waals surface area (Å²) < 4.78 is 5.70. The van der Waals surface area contributed by atoms with E-state index in [0.717, 1.165) is 11.3 Å². The zero-order valence-corrected chi connectivity index (χ0v) is 15.1. The van der Waals surface area contributed by atoms with Crippen LogP contribution in [0.15, 0.2) is 48.5 Å². The van der Waals surface area contributed by atoms with Gasteiger partial charge in [-0.25, -0.2) is 0 Å². The molecule has 1 aliphatic heterocycles. The molecule has 2 amide bonds. The largest absolute Gasteiger partial charge is 0.492 e. The number of rotatable bonds is 5. The molecule has 1 heterocycles. The zero-order chi connectivity index (χ0) is 18.5. The number of carbonyl (C=O) groups is 2. The van der Waals surface area contributed by atoms with Crippen molar-refractivity contribution in [2.45, 2.75) is 20.3 Å². The number of nitrogens with one attached hydrogen (secondary N) is 2. The van der Waals surface area contributed by atoms with Crippen LogP contribution in [0, 0.1) is 11.8 Å². The van der Waals surface area contributed by atoms with E-state index >= 15 is 0 Å². The number of anilines is 1. The fourth-order valence-electron chi connectivity index (χ4n) is 2.91. The number of benzene rings is 2. The SMILES string of the molecule is CC(C)CNC(=O)c1ccccc1NC(=O)C1COc2ccccc2C1. The number of carbonyl (C=O) groups excluding carboxylic acids is 2. The molecule has 0 bridgehead atoms. The van der Waals surface area contributed by atoms with Gasteiger partial charge in [-0.1, -0.05) is 44.2 Å². The Hall–Kier alpha value is -2.82. The number of amides is 2. The van der Waals surface area contributed by atoms with Crippen LogP contribution in [0.2, 0.25) is 0 Å². The van der Waals surface area contributed by atoms with Gasteiger partial charge in [0.25, 0.3) is 5.91 Å². The fourth-order valence-corrected chi connectivity index (χ4v) is 2.91. The molecule has 136 valence electrons. The maximum atomic E-state index is 12.7. The van der Waals surface area contributed by atoms with Crippen LogP contribution in [0.4, 0.5) is 5.69 Å². The molecule has 0 spiro atoms. The van der Waals surface area contributed by atoms with E-state index in [-0.39, 0.29) is 17.7 Å². The maximum Gasteiger partial charge on any atom is 0.253 e. The Kier molecular flexibility index (Phi) is 5.56. The van der Waals surface area contributed by atoms with E-state index in [2.05, 4.69) is 10.6 Å². The lowest BCUT2D eigenvalue weighted by atomic mass is 9.96. The normalized spacial score (nSPS) is 15.7. The van der Waals surface area contributed by atoms with Gasteiger partial charge in [-0.15, -0.1) is 0 Å². The van der Waals surface area contributed by atoms with Gasteiger partial charge in [0.05, 0.1) is 17.2 Å². The average Bonchev–Trinajstić information content (AvgIpc) is 2.66. The molecular weight excluding hydrogens is 328 g/mol. The highest BCUT2D eigenvalue weighted by atomic mass is 16.5. The number of hydrogen-bond acceptors (Lipinski definition) is 3. The average molecular weight is 352 g/mol. The van der Waals surface area contributed by atoms with Crippen molar-refractivity contribution >= 4 is 17.5 Å². The summed E-state index contributed by atoms with van der Waals surface area (Å²) in [6.45, 7) is 5.00. The lowest BCUT2D eigenvalue weighted by Gasteiger charge is -2.24. The van der Waals surface area contributed by atoms with E-state index in [1.807, 2.05) is 44.2 Å². The molecule has 2 aromatic carbocycles. The molecule has 0 radical (unpaired) electrons. The first kappa shape index (κ1) is 18.0. The van der Waals surface area contributed by atoms with Crippen LogP contribution in [0.25, 0.3) is 0 Å². The summed E-state index contributed by atoms with van der Waals surface area (Å²) in [7, 11) is 0. The van der Waals surface area contributed by atoms with Crippen molar-refractivity contribution in [1.82, 2.24) is 5.32 Å². The maximum absolute atomic E-state index is 12.7. The minimum absolute atomic E-state index is 0.136. The van der Waals surface area contributed by atoms with E-state index in [1.54, 1.807) is 18.2 Å². The standard InChI is InChI=1S/C21H24N2O3/c1-14(2)12-22-21(25)17-8-4-5-9-18(17)23-20(24)16-11-15-7-3-6-10-19(15)26-13-16/h3-10,14,16H,11-13H2,1-2H3,(H,22,25)(H,23,24). The van der Waals surface area contributed by atoms with Crippen molar-refractivity contribution in [3.8, 4) is 5.75 Å². The number of fused-ring (bicyclic) bond motifs is 1. The van der Waals surface area contributed by atoms with Gasteiger partial charge in [0.1, 0.15) is 12.4 Å². The Bertz CT molecular complexity index is 801. The van der Waals surface area contributed by atoms with Crippen molar-refractivity contribution in [3.63, 3.8) is 0 Å². The molecule has 1 atom stereocenters. The van der Waals surface area contributed by atoms with Gasteiger partial charge in [0.2, 0.25) is 5.91 Å². The van der Waals surface area contributed by atoms with Crippen LogP contribution in [0.5, 0.6) is 5.75 Å². The van der Waals surface area contributed by atoms with Gasteiger partial charge in [-0.3, -0.25) is 9.59 Å². The molecule has 0 saturated heterocycles. The molecule has 0 aromatic heterocycles. The Morgan fingerprint density at radius 2 is 1.85 bits per heavy atom. The van der Waals surface area contributed by atoms with Crippen molar-refractivity contribution in [2.75, 3.05) is 18.5 Å². The molecule has 5 heteroatoms. The third kappa shape index (κ3) is 4.23. The Labute approximate surface area is 153 Å². The first-order chi connectivity index (χ1) is 12.5. The Morgan fingerprint density at radius 3 is 2.65 bits per heavy atom. The van der Waals surface area contributed by atoms with Gasteiger partial charge >= 0.3 is 0 Å². The highest BCUT2D eigenvalue weighted by molar-refractivity contribution is 6.04. The highest BCUT2D eigenvalue weighted by Gasteiger charge is 2.26. The topological polar surface area (TPSA) is 67.4 Å². The van der Waals surface area contributed by atoms with E-state index in [0.29, 0.717) is 36.7 Å². The molecule has 0 aliphatic carbocycles. The van der Waals surface area contributed by atoms with E-state index in [1.165, 1.54) is 0 Å². The minimum Gasteiger partial charge on any atom is -0.492 e. The first-order valence-corrected chi connectivity index (χ1v) is 8.93. The second-order valence-electron chi connectivity index (χ2n) is 6.96. The van der Waals surface area contributed by atoms with Crippen LogP contribution in [0.1, 0.15) is 29.8 Å². The minimum atomic E-state index is -0.281. The van der Waals surface area contributed by atoms with E-state index < -0.39 is 0 Å². The zero-order valence-electron chi connectivity index (χ0n) is 15.1. The fraction of sp³-hybridized carbons (Fsp3) is 0.333. The molecule has 1 unspecified atom stereocenters. The van der Waals surface area contributed by atoms with Gasteiger partial charge in [-0.05, 0) is 36.1 Å². The quantitative estimate of drug-likeness (QED) is 0.868. The molecular formula is C21H24N2O3. The summed E-state index contributed by atoms with van der Waals surface area (Å²) in [5.41, 5.74) is 2.03. The second-order valence-corrected chi connectivity index (χ2v) is 6.96. The summed E-state index contributed by atoms with van der Waals surface area (Å²) in [6.07, 6.45) is 0.629. The summed E-state index contributed by atoms with van der Waals surface area (Å²) >= 11 is 0. The monoisotopic (exact) mass is 352 g/mol. The van der Waals surface area contributed by atoms with Crippen molar-refractivity contribution in [2.24, 2.45) is 11.8 Å². The van der Waals surface area contributed by atoms with Crippen LogP contribution in [-0.2, 0) is 11.2 Å². The van der Waals surface area contributed by atoms with Gasteiger partial charge < -0.3 is 15.4 Å². The van der Waals surface area contributed by atoms with Crippen molar-refractivity contribution in [1.29, 1.82) is 0 Å². The first-order valence-electron chi connectivity index (χ1n) is 8.93. The summed E-state index contributed by atoms with van der Waals surface area (Å²) in [4.78, 5) is 25.1. The van der Waals surface area contributed by atoms with Gasteiger partial charge in [0.15, 0.2) is 0 Å². The van der Waals surface area contributed by atoms with Crippen LogP contribution in [-0.4, -0.2) is 25.0 Å². The van der Waals surface area contributed by atoms with Crippen LogP contribution >= 0.6 is 0 Å². The smallest absolute Gasteiger partial charge is 0.253 e. The lowest BCUT2D eigenvalue weighted by Crippen LogP contribution is -2.33. The molecule has 0 saturated carbocycles. The number of para-hydroxylation sites is 2. The molecule has 1 aliphatic rings. The van der Waals surface area contributed by atoms with Crippen molar-refractivity contribution < 1.29 is 14.3 Å². The van der Waals surface area contributed by atoms with Crippen LogP contribution < -0.4 is 15.4 Å². The van der Waals surface area contributed by atoms with E-state index in [9.17, 15) is 9.59 Å². The van der Waals surface area contributed by atoms with Crippen LogP contribution in [0.3, 0.4) is 0 Å². The Morgan fingerprint density at radius 1 is 1.12 bits per heavy atom. The molecule has 0 fully saturated rings. The molecule has 2 aromatic rings. The van der Waals surface area contributed by atoms with E-state index in [4.69, 9.17) is 4.74 Å². The third-order valence-corrected chi connectivity index (χ3v) is 4.35. The predicted molar refractivity (Wildman–Crippen MR) is 101 cm³/mol. The second kappa shape index (κ2) is 8.04. The number of ether oxygens (including phenoxy) is 1.